The van der Waals surface area contributed by atoms with Gasteiger partial charge in [0.25, 0.3) is 0 Å². The molecule has 3 aromatic rings. The number of hydrogen-bond donors (Lipinski definition) is 1. The number of halogens is 1. The highest BCUT2D eigenvalue weighted by molar-refractivity contribution is 7.71. The van der Waals surface area contributed by atoms with Gasteiger partial charge in [0, 0.05) is 18.3 Å². The molecule has 1 aromatic carbocycles. The first-order chi connectivity index (χ1) is 13.6. The molecule has 2 aromatic heterocycles. The van der Waals surface area contributed by atoms with Gasteiger partial charge in [-0.2, -0.15) is 5.10 Å². The van der Waals surface area contributed by atoms with E-state index >= 15 is 0 Å². The average Bonchev–Trinajstić information content (AvgIpc) is 3.33. The van der Waals surface area contributed by atoms with Crippen LogP contribution in [0.1, 0.15) is 43.8 Å². The number of hydrogen-bond acceptors (Lipinski definition) is 3. The first kappa shape index (κ1) is 19.0. The summed E-state index contributed by atoms with van der Waals surface area (Å²) in [6, 6.07) is 11.1. The summed E-state index contributed by atoms with van der Waals surface area (Å²) in [6.07, 6.45) is 9.74. The molecule has 8 heteroatoms. The van der Waals surface area contributed by atoms with Crippen LogP contribution in [0.15, 0.2) is 48.8 Å². The molecule has 1 N–H and O–H groups in total. The number of carbonyl (C=O) groups is 1. The van der Waals surface area contributed by atoms with Gasteiger partial charge in [-0.1, -0.05) is 43.0 Å². The van der Waals surface area contributed by atoms with Crippen molar-refractivity contribution in [2.75, 3.05) is 5.32 Å². The number of para-hydroxylation sites is 1. The minimum Gasteiger partial charge on any atom is -0.323 e. The van der Waals surface area contributed by atoms with Crippen LogP contribution >= 0.6 is 23.8 Å². The van der Waals surface area contributed by atoms with Crippen LogP contribution in [0, 0.1) is 4.77 Å². The fraction of sp³-hybridized carbons (Fsp3) is 0.350. The summed E-state index contributed by atoms with van der Waals surface area (Å²) in [5, 5.41) is 8.09. The molecule has 0 saturated heterocycles. The van der Waals surface area contributed by atoms with Crippen molar-refractivity contribution < 1.29 is 4.79 Å². The zero-order valence-corrected chi connectivity index (χ0v) is 17.0. The Balaban J connectivity index is 1.63. The highest BCUT2D eigenvalue weighted by Crippen LogP contribution is 2.32. The van der Waals surface area contributed by atoms with Crippen molar-refractivity contribution in [3.05, 3.63) is 64.4 Å². The van der Waals surface area contributed by atoms with Crippen LogP contribution in [0.3, 0.4) is 0 Å². The van der Waals surface area contributed by atoms with Crippen molar-refractivity contribution in [3.63, 3.8) is 0 Å². The average molecular weight is 416 g/mol. The molecule has 0 spiro atoms. The Kier molecular flexibility index (Phi) is 5.64. The van der Waals surface area contributed by atoms with E-state index in [9.17, 15) is 4.79 Å². The Morgan fingerprint density at radius 1 is 1.14 bits per heavy atom. The van der Waals surface area contributed by atoms with Crippen LogP contribution in [0.2, 0.25) is 5.02 Å². The summed E-state index contributed by atoms with van der Waals surface area (Å²) >= 11 is 11.8. The number of carbonyl (C=O) groups excluding carboxylic acids is 1. The quantitative estimate of drug-likeness (QED) is 0.605. The minimum atomic E-state index is -0.212. The van der Waals surface area contributed by atoms with Gasteiger partial charge in [0.1, 0.15) is 6.54 Å². The molecule has 1 aliphatic carbocycles. The van der Waals surface area contributed by atoms with Crippen LogP contribution in [0.4, 0.5) is 5.69 Å². The second-order valence-electron chi connectivity index (χ2n) is 7.04. The van der Waals surface area contributed by atoms with E-state index in [-0.39, 0.29) is 12.5 Å². The zero-order valence-electron chi connectivity index (χ0n) is 15.4. The van der Waals surface area contributed by atoms with E-state index in [4.69, 9.17) is 28.9 Å². The second kappa shape index (κ2) is 8.32. The highest BCUT2D eigenvalue weighted by atomic mass is 35.5. The van der Waals surface area contributed by atoms with Crippen LogP contribution in [-0.2, 0) is 11.3 Å². The van der Waals surface area contributed by atoms with Gasteiger partial charge in [0.2, 0.25) is 10.7 Å². The molecule has 6 nitrogen and oxygen atoms in total. The molecule has 0 unspecified atom stereocenters. The Labute approximate surface area is 173 Å². The monoisotopic (exact) mass is 415 g/mol. The predicted molar refractivity (Wildman–Crippen MR) is 112 cm³/mol. The second-order valence-corrected chi connectivity index (χ2v) is 7.81. The van der Waals surface area contributed by atoms with E-state index < -0.39 is 0 Å². The Morgan fingerprint density at radius 2 is 1.86 bits per heavy atom. The number of benzene rings is 1. The minimum absolute atomic E-state index is 0.0397. The molecule has 2 heterocycles. The summed E-state index contributed by atoms with van der Waals surface area (Å²) in [6.45, 7) is 0.0397. The molecule has 4 rings (SSSR count). The van der Waals surface area contributed by atoms with Crippen molar-refractivity contribution in [1.29, 1.82) is 0 Å². The van der Waals surface area contributed by atoms with Crippen molar-refractivity contribution in [2.24, 2.45) is 0 Å². The lowest BCUT2D eigenvalue weighted by molar-refractivity contribution is -0.116. The lowest BCUT2D eigenvalue weighted by atomic mass is 9.89. The van der Waals surface area contributed by atoms with E-state index in [0.29, 0.717) is 21.4 Å². The van der Waals surface area contributed by atoms with Gasteiger partial charge in [-0.15, -0.1) is 0 Å². The van der Waals surface area contributed by atoms with Crippen molar-refractivity contribution >= 4 is 35.4 Å². The molecular weight excluding hydrogens is 394 g/mol. The third kappa shape index (κ3) is 3.91. The van der Waals surface area contributed by atoms with E-state index in [2.05, 4.69) is 5.32 Å². The van der Waals surface area contributed by atoms with Gasteiger partial charge >= 0.3 is 0 Å². The predicted octanol–water partition coefficient (Wildman–Crippen LogP) is 4.87. The van der Waals surface area contributed by atoms with Crippen LogP contribution in [0.25, 0.3) is 0 Å². The van der Waals surface area contributed by atoms with Crippen molar-refractivity contribution in [2.45, 2.75) is 44.6 Å². The van der Waals surface area contributed by atoms with E-state index in [1.165, 1.54) is 19.3 Å². The van der Waals surface area contributed by atoms with E-state index in [0.717, 1.165) is 18.7 Å². The van der Waals surface area contributed by atoms with Gasteiger partial charge in [-0.05, 0) is 49.3 Å². The SMILES string of the molecule is O=C(Cn1nc(C2CCCCC2)n(-n2cccc2)c1=S)Nc1ccccc1Cl. The molecule has 1 aliphatic rings. The Bertz CT molecular complexity index is 1020. The fourth-order valence-corrected chi connectivity index (χ4v) is 4.17. The van der Waals surface area contributed by atoms with Gasteiger partial charge in [-0.25, -0.2) is 9.36 Å². The molecule has 0 aliphatic heterocycles. The largest absolute Gasteiger partial charge is 0.323 e. The van der Waals surface area contributed by atoms with Gasteiger partial charge in [0.05, 0.1) is 10.7 Å². The first-order valence-corrected chi connectivity index (χ1v) is 10.3. The molecule has 0 atom stereocenters. The zero-order chi connectivity index (χ0) is 19.5. The summed E-state index contributed by atoms with van der Waals surface area (Å²) in [5.41, 5.74) is 0.582. The smallest absolute Gasteiger partial charge is 0.246 e. The highest BCUT2D eigenvalue weighted by Gasteiger charge is 2.24. The third-order valence-corrected chi connectivity index (χ3v) is 5.79. The fourth-order valence-electron chi connectivity index (χ4n) is 3.70. The number of anilines is 1. The van der Waals surface area contributed by atoms with Crippen molar-refractivity contribution in [1.82, 2.24) is 19.1 Å². The number of nitrogens with zero attached hydrogens (tertiary/aromatic N) is 4. The Morgan fingerprint density at radius 3 is 2.57 bits per heavy atom. The number of rotatable bonds is 5. The molecule has 1 amide bonds. The summed E-state index contributed by atoms with van der Waals surface area (Å²) < 4.78 is 5.98. The van der Waals surface area contributed by atoms with Crippen LogP contribution in [0.5, 0.6) is 0 Å². The molecule has 146 valence electrons. The Hall–Kier alpha value is -2.38. The molecule has 0 bridgehead atoms. The normalized spacial score (nSPS) is 14.9. The molecule has 1 saturated carbocycles. The van der Waals surface area contributed by atoms with Gasteiger partial charge in [-0.3, -0.25) is 9.47 Å². The summed E-state index contributed by atoms with van der Waals surface area (Å²) in [5.74, 6) is 1.06. The molecular formula is C20H22ClN5OS. The summed E-state index contributed by atoms with van der Waals surface area (Å²) in [4.78, 5) is 12.6. The topological polar surface area (TPSA) is 56.8 Å². The molecule has 28 heavy (non-hydrogen) atoms. The lowest BCUT2D eigenvalue weighted by Gasteiger charge is -2.21. The van der Waals surface area contributed by atoms with Crippen LogP contribution < -0.4 is 5.32 Å². The number of nitrogens with one attached hydrogen (secondary N) is 1. The number of amides is 1. The van der Waals surface area contributed by atoms with Crippen molar-refractivity contribution in [3.8, 4) is 0 Å². The molecule has 0 radical (unpaired) electrons. The maximum atomic E-state index is 12.6. The lowest BCUT2D eigenvalue weighted by Crippen LogP contribution is -2.20. The van der Waals surface area contributed by atoms with E-state index in [1.807, 2.05) is 46.0 Å². The van der Waals surface area contributed by atoms with Crippen LogP contribution in [-0.4, -0.2) is 25.0 Å². The standard InChI is InChI=1S/C20H22ClN5OS/c21-16-10-4-5-11-17(16)22-18(27)14-25-20(28)26(24-12-6-7-13-24)19(23-25)15-8-2-1-3-9-15/h4-7,10-13,15H,1-3,8-9,14H2,(H,22,27). The maximum Gasteiger partial charge on any atom is 0.246 e. The third-order valence-electron chi connectivity index (χ3n) is 5.07. The van der Waals surface area contributed by atoms with Gasteiger partial charge < -0.3 is 5.32 Å². The number of aromatic nitrogens is 4. The first-order valence-electron chi connectivity index (χ1n) is 9.51. The molecule has 1 fully saturated rings. The van der Waals surface area contributed by atoms with E-state index in [1.54, 1.807) is 16.8 Å². The van der Waals surface area contributed by atoms with Gasteiger partial charge in [0.15, 0.2) is 5.82 Å². The maximum absolute atomic E-state index is 12.6. The summed E-state index contributed by atoms with van der Waals surface area (Å²) in [7, 11) is 0.